The van der Waals surface area contributed by atoms with Gasteiger partial charge in [0.05, 0.1) is 11.3 Å². The summed E-state index contributed by atoms with van der Waals surface area (Å²) in [6, 6.07) is 2.03. The number of ether oxygens (including phenoxy) is 1. The molecule has 1 N–H and O–H groups in total. The molecule has 1 aliphatic heterocycles. The average molecular weight is 209 g/mol. The molecular formula is C11H19N3O. The highest BCUT2D eigenvalue weighted by Gasteiger charge is 2.28. The molecule has 15 heavy (non-hydrogen) atoms. The lowest BCUT2D eigenvalue weighted by atomic mass is 10.0. The highest BCUT2D eigenvalue weighted by atomic mass is 16.5. The van der Waals surface area contributed by atoms with Crippen LogP contribution in [0.3, 0.4) is 0 Å². The number of aromatic nitrogens is 2. The van der Waals surface area contributed by atoms with Crippen molar-refractivity contribution in [1.82, 2.24) is 15.1 Å². The SMILES string of the molecule is Cn1nccc1CNCC1(C)CCCO1. The summed E-state index contributed by atoms with van der Waals surface area (Å²) in [5.41, 5.74) is 1.25. The van der Waals surface area contributed by atoms with Crippen molar-refractivity contribution in [3.8, 4) is 0 Å². The van der Waals surface area contributed by atoms with Crippen LogP contribution in [0, 0.1) is 0 Å². The van der Waals surface area contributed by atoms with E-state index in [9.17, 15) is 0 Å². The molecule has 0 amide bonds. The van der Waals surface area contributed by atoms with Gasteiger partial charge in [-0.15, -0.1) is 0 Å². The zero-order chi connectivity index (χ0) is 10.7. The lowest BCUT2D eigenvalue weighted by Crippen LogP contribution is -2.37. The van der Waals surface area contributed by atoms with Gasteiger partial charge in [0.25, 0.3) is 0 Å². The summed E-state index contributed by atoms with van der Waals surface area (Å²) in [7, 11) is 1.96. The maximum atomic E-state index is 5.71. The molecule has 0 aromatic carbocycles. The topological polar surface area (TPSA) is 39.1 Å². The van der Waals surface area contributed by atoms with E-state index in [1.807, 2.05) is 24.0 Å². The molecule has 84 valence electrons. The van der Waals surface area contributed by atoms with E-state index in [0.29, 0.717) is 0 Å². The highest BCUT2D eigenvalue weighted by molar-refractivity contribution is 4.99. The van der Waals surface area contributed by atoms with Crippen LogP contribution in [-0.4, -0.2) is 28.5 Å². The molecule has 4 nitrogen and oxygen atoms in total. The first-order chi connectivity index (χ1) is 7.20. The number of nitrogens with zero attached hydrogens (tertiary/aromatic N) is 2. The standard InChI is InChI=1S/C11H19N3O/c1-11(5-3-7-15-11)9-12-8-10-4-6-13-14(10)2/h4,6,12H,3,5,7-9H2,1-2H3. The summed E-state index contributed by atoms with van der Waals surface area (Å²) in [4.78, 5) is 0. The number of rotatable bonds is 4. The van der Waals surface area contributed by atoms with Gasteiger partial charge < -0.3 is 10.1 Å². The molecule has 4 heteroatoms. The molecule has 0 spiro atoms. The molecule has 2 heterocycles. The van der Waals surface area contributed by atoms with Crippen molar-refractivity contribution in [3.05, 3.63) is 18.0 Å². The Balaban J connectivity index is 1.77. The fourth-order valence-electron chi connectivity index (χ4n) is 2.01. The van der Waals surface area contributed by atoms with E-state index in [0.717, 1.165) is 26.1 Å². The zero-order valence-electron chi connectivity index (χ0n) is 9.49. The molecule has 2 rings (SSSR count). The summed E-state index contributed by atoms with van der Waals surface area (Å²) in [6.07, 6.45) is 4.17. The van der Waals surface area contributed by atoms with Crippen molar-refractivity contribution in [3.63, 3.8) is 0 Å². The van der Waals surface area contributed by atoms with Crippen LogP contribution in [0.5, 0.6) is 0 Å². The fraction of sp³-hybridized carbons (Fsp3) is 0.727. The van der Waals surface area contributed by atoms with Gasteiger partial charge >= 0.3 is 0 Å². The minimum Gasteiger partial charge on any atom is -0.374 e. The Kier molecular flexibility index (Phi) is 3.07. The molecule has 0 bridgehead atoms. The van der Waals surface area contributed by atoms with Crippen LogP contribution in [0.4, 0.5) is 0 Å². The summed E-state index contributed by atoms with van der Waals surface area (Å²) in [5.74, 6) is 0. The predicted octanol–water partition coefficient (Wildman–Crippen LogP) is 1.08. The highest BCUT2D eigenvalue weighted by Crippen LogP contribution is 2.23. The predicted molar refractivity (Wildman–Crippen MR) is 58.5 cm³/mol. The van der Waals surface area contributed by atoms with Gasteiger partial charge in [-0.2, -0.15) is 5.10 Å². The molecule has 1 atom stereocenters. The third kappa shape index (κ3) is 2.58. The van der Waals surface area contributed by atoms with E-state index in [2.05, 4.69) is 17.3 Å². The summed E-state index contributed by atoms with van der Waals surface area (Å²) in [6.45, 7) is 4.85. The number of hydrogen-bond acceptors (Lipinski definition) is 3. The Morgan fingerprint density at radius 3 is 3.13 bits per heavy atom. The van der Waals surface area contributed by atoms with Gasteiger partial charge in [-0.05, 0) is 25.8 Å². The normalized spacial score (nSPS) is 26.0. The van der Waals surface area contributed by atoms with Crippen LogP contribution < -0.4 is 5.32 Å². The first kappa shape index (κ1) is 10.6. The first-order valence-electron chi connectivity index (χ1n) is 5.51. The number of hydrogen-bond donors (Lipinski definition) is 1. The van der Waals surface area contributed by atoms with E-state index in [1.54, 1.807) is 0 Å². The van der Waals surface area contributed by atoms with Crippen LogP contribution in [0.2, 0.25) is 0 Å². The quantitative estimate of drug-likeness (QED) is 0.806. The Labute approximate surface area is 90.6 Å². The smallest absolute Gasteiger partial charge is 0.0779 e. The van der Waals surface area contributed by atoms with Gasteiger partial charge in [0.2, 0.25) is 0 Å². The second-order valence-electron chi connectivity index (χ2n) is 4.45. The lowest BCUT2D eigenvalue weighted by molar-refractivity contribution is 0.0205. The monoisotopic (exact) mass is 209 g/mol. The van der Waals surface area contributed by atoms with E-state index >= 15 is 0 Å². The van der Waals surface area contributed by atoms with E-state index in [-0.39, 0.29) is 5.60 Å². The minimum atomic E-state index is 0.0403. The van der Waals surface area contributed by atoms with Crippen LogP contribution in [0.25, 0.3) is 0 Å². The molecule has 1 aliphatic rings. The van der Waals surface area contributed by atoms with Gasteiger partial charge in [-0.1, -0.05) is 0 Å². The van der Waals surface area contributed by atoms with Crippen molar-refractivity contribution in [2.75, 3.05) is 13.2 Å². The maximum absolute atomic E-state index is 5.71. The average Bonchev–Trinajstić information content (AvgIpc) is 2.78. The summed E-state index contributed by atoms with van der Waals surface area (Å²) >= 11 is 0. The molecule has 0 saturated carbocycles. The molecule has 1 fully saturated rings. The largest absolute Gasteiger partial charge is 0.374 e. The van der Waals surface area contributed by atoms with Gasteiger partial charge in [-0.25, -0.2) is 0 Å². The van der Waals surface area contributed by atoms with Crippen molar-refractivity contribution < 1.29 is 4.74 Å². The Morgan fingerprint density at radius 1 is 1.67 bits per heavy atom. The molecule has 1 aromatic rings. The summed E-state index contributed by atoms with van der Waals surface area (Å²) in [5, 5.41) is 7.56. The molecule has 1 unspecified atom stereocenters. The summed E-state index contributed by atoms with van der Waals surface area (Å²) < 4.78 is 7.60. The van der Waals surface area contributed by atoms with Gasteiger partial charge in [0, 0.05) is 32.9 Å². The molecule has 1 aromatic heterocycles. The third-order valence-electron chi connectivity index (χ3n) is 3.03. The van der Waals surface area contributed by atoms with Crippen LogP contribution in [0.1, 0.15) is 25.5 Å². The zero-order valence-corrected chi connectivity index (χ0v) is 9.49. The Morgan fingerprint density at radius 2 is 2.53 bits per heavy atom. The molecule has 0 radical (unpaired) electrons. The van der Waals surface area contributed by atoms with Crippen molar-refractivity contribution in [1.29, 1.82) is 0 Å². The molecule has 1 saturated heterocycles. The number of aryl methyl sites for hydroxylation is 1. The lowest BCUT2D eigenvalue weighted by Gasteiger charge is -2.23. The van der Waals surface area contributed by atoms with Crippen molar-refractivity contribution in [2.45, 2.75) is 31.9 Å². The number of nitrogens with one attached hydrogen (secondary N) is 1. The molecular weight excluding hydrogens is 190 g/mol. The van der Waals surface area contributed by atoms with Crippen LogP contribution in [0.15, 0.2) is 12.3 Å². The van der Waals surface area contributed by atoms with E-state index in [1.165, 1.54) is 12.1 Å². The molecule has 0 aliphatic carbocycles. The van der Waals surface area contributed by atoms with E-state index < -0.39 is 0 Å². The Hall–Kier alpha value is -0.870. The maximum Gasteiger partial charge on any atom is 0.0779 e. The Bertz CT molecular complexity index is 315. The minimum absolute atomic E-state index is 0.0403. The van der Waals surface area contributed by atoms with Crippen molar-refractivity contribution >= 4 is 0 Å². The van der Waals surface area contributed by atoms with Crippen LogP contribution in [-0.2, 0) is 18.3 Å². The second-order valence-corrected chi connectivity index (χ2v) is 4.45. The first-order valence-corrected chi connectivity index (χ1v) is 5.51. The third-order valence-corrected chi connectivity index (χ3v) is 3.03. The van der Waals surface area contributed by atoms with Gasteiger partial charge in [0.15, 0.2) is 0 Å². The van der Waals surface area contributed by atoms with Gasteiger partial charge in [-0.3, -0.25) is 4.68 Å². The second kappa shape index (κ2) is 4.33. The van der Waals surface area contributed by atoms with Gasteiger partial charge in [0.1, 0.15) is 0 Å². The van der Waals surface area contributed by atoms with E-state index in [4.69, 9.17) is 4.74 Å². The van der Waals surface area contributed by atoms with Crippen LogP contribution >= 0.6 is 0 Å². The fourth-order valence-corrected chi connectivity index (χ4v) is 2.01. The van der Waals surface area contributed by atoms with Crippen molar-refractivity contribution in [2.24, 2.45) is 7.05 Å².